The standard InChI is InChI=1S/C24H25FN6OS/c1-32-21-10-8-20(9-11-21)29-12-14-30(15-13-29)23(18-4-6-19(25)7-5-18)24-26-27-28-31(24)17-22-3-2-16-33-22/h2-11,16,23H,12-15,17H2,1H3/t23-/m0/s1. The minimum Gasteiger partial charge on any atom is -0.497 e. The van der Waals surface area contributed by atoms with E-state index in [4.69, 9.17) is 4.74 Å². The van der Waals surface area contributed by atoms with Crippen molar-refractivity contribution < 1.29 is 9.13 Å². The molecule has 5 rings (SSSR count). The van der Waals surface area contributed by atoms with Crippen molar-refractivity contribution in [3.05, 3.63) is 88.1 Å². The van der Waals surface area contributed by atoms with Crippen molar-refractivity contribution >= 4 is 17.0 Å². The van der Waals surface area contributed by atoms with E-state index < -0.39 is 0 Å². The maximum absolute atomic E-state index is 13.7. The lowest BCUT2D eigenvalue weighted by molar-refractivity contribution is 0.201. The van der Waals surface area contributed by atoms with E-state index in [0.29, 0.717) is 6.54 Å². The van der Waals surface area contributed by atoms with Gasteiger partial charge in [-0.25, -0.2) is 9.07 Å². The van der Waals surface area contributed by atoms with Gasteiger partial charge in [0, 0.05) is 36.7 Å². The monoisotopic (exact) mass is 464 g/mol. The van der Waals surface area contributed by atoms with Gasteiger partial charge in [-0.05, 0) is 63.8 Å². The molecule has 0 N–H and O–H groups in total. The Bertz CT molecular complexity index is 1150. The van der Waals surface area contributed by atoms with Crippen LogP contribution >= 0.6 is 11.3 Å². The molecule has 33 heavy (non-hydrogen) atoms. The first kappa shape index (κ1) is 21.5. The topological polar surface area (TPSA) is 59.3 Å². The van der Waals surface area contributed by atoms with Crippen LogP contribution in [0.15, 0.2) is 66.0 Å². The SMILES string of the molecule is COc1ccc(N2CCN([C@@H](c3ccc(F)cc3)c3nnnn3Cc3cccs3)CC2)cc1. The Labute approximate surface area is 196 Å². The van der Waals surface area contributed by atoms with E-state index in [1.165, 1.54) is 22.7 Å². The molecule has 0 amide bonds. The number of anilines is 1. The highest BCUT2D eigenvalue weighted by Gasteiger charge is 2.31. The Balaban J connectivity index is 1.39. The number of hydrogen-bond acceptors (Lipinski definition) is 7. The van der Waals surface area contributed by atoms with Crippen LogP contribution in [0.1, 0.15) is 22.3 Å². The number of ether oxygens (including phenoxy) is 1. The number of benzene rings is 2. The zero-order valence-electron chi connectivity index (χ0n) is 18.3. The number of thiophene rings is 1. The molecule has 0 saturated carbocycles. The molecule has 2 aromatic carbocycles. The van der Waals surface area contributed by atoms with Gasteiger partial charge in [-0.1, -0.05) is 18.2 Å². The molecule has 7 nitrogen and oxygen atoms in total. The molecule has 1 atom stereocenters. The third kappa shape index (κ3) is 4.74. The molecule has 2 aromatic heterocycles. The number of tetrazole rings is 1. The highest BCUT2D eigenvalue weighted by Crippen LogP contribution is 2.30. The molecular weight excluding hydrogens is 439 g/mol. The summed E-state index contributed by atoms with van der Waals surface area (Å²) in [5.41, 5.74) is 2.16. The molecule has 0 bridgehead atoms. The fourth-order valence-corrected chi connectivity index (χ4v) is 4.96. The van der Waals surface area contributed by atoms with Crippen LogP contribution in [0, 0.1) is 5.82 Å². The molecule has 0 spiro atoms. The molecule has 1 saturated heterocycles. The first-order valence-electron chi connectivity index (χ1n) is 10.9. The van der Waals surface area contributed by atoms with Crippen molar-refractivity contribution in [2.24, 2.45) is 0 Å². The second kappa shape index (κ2) is 9.68. The first-order chi connectivity index (χ1) is 16.2. The molecule has 0 aliphatic carbocycles. The Morgan fingerprint density at radius 3 is 2.42 bits per heavy atom. The molecule has 1 aliphatic rings. The summed E-state index contributed by atoms with van der Waals surface area (Å²) >= 11 is 1.68. The zero-order valence-corrected chi connectivity index (χ0v) is 19.2. The second-order valence-electron chi connectivity index (χ2n) is 7.95. The fourth-order valence-electron chi connectivity index (χ4n) is 4.27. The van der Waals surface area contributed by atoms with Gasteiger partial charge < -0.3 is 9.64 Å². The van der Waals surface area contributed by atoms with Crippen molar-refractivity contribution in [1.29, 1.82) is 0 Å². The summed E-state index contributed by atoms with van der Waals surface area (Å²) in [4.78, 5) is 5.93. The summed E-state index contributed by atoms with van der Waals surface area (Å²) in [6.45, 7) is 4.02. The lowest BCUT2D eigenvalue weighted by Crippen LogP contribution is -2.48. The summed E-state index contributed by atoms with van der Waals surface area (Å²) in [5.74, 6) is 1.37. The van der Waals surface area contributed by atoms with Gasteiger partial charge in [0.15, 0.2) is 5.82 Å². The van der Waals surface area contributed by atoms with E-state index in [1.54, 1.807) is 18.4 Å². The number of aromatic nitrogens is 4. The number of methoxy groups -OCH3 is 1. The fraction of sp³-hybridized carbons (Fsp3) is 0.292. The van der Waals surface area contributed by atoms with Crippen LogP contribution in [0.3, 0.4) is 0 Å². The van der Waals surface area contributed by atoms with Crippen molar-refractivity contribution in [3.8, 4) is 5.75 Å². The zero-order chi connectivity index (χ0) is 22.6. The van der Waals surface area contributed by atoms with Gasteiger partial charge in [-0.2, -0.15) is 0 Å². The minimum atomic E-state index is -0.250. The highest BCUT2D eigenvalue weighted by atomic mass is 32.1. The molecule has 0 radical (unpaired) electrons. The van der Waals surface area contributed by atoms with Gasteiger partial charge in [0.1, 0.15) is 11.6 Å². The molecule has 0 unspecified atom stereocenters. The summed E-state index contributed by atoms with van der Waals surface area (Å²) in [7, 11) is 1.68. The van der Waals surface area contributed by atoms with Crippen LogP contribution in [0.2, 0.25) is 0 Å². The van der Waals surface area contributed by atoms with Gasteiger partial charge in [0.2, 0.25) is 0 Å². The largest absolute Gasteiger partial charge is 0.497 e. The van der Waals surface area contributed by atoms with E-state index in [-0.39, 0.29) is 11.9 Å². The van der Waals surface area contributed by atoms with Crippen LogP contribution in [0.25, 0.3) is 0 Å². The molecule has 9 heteroatoms. The third-order valence-corrected chi connectivity index (χ3v) is 6.85. The van der Waals surface area contributed by atoms with Gasteiger partial charge in [0.05, 0.1) is 19.7 Å². The molecule has 170 valence electrons. The normalized spacial score (nSPS) is 15.5. The summed E-state index contributed by atoms with van der Waals surface area (Å²) < 4.78 is 20.8. The van der Waals surface area contributed by atoms with Crippen molar-refractivity contribution in [1.82, 2.24) is 25.1 Å². The smallest absolute Gasteiger partial charge is 0.173 e. The molecular formula is C24H25FN6OS. The number of nitrogens with zero attached hydrogens (tertiary/aromatic N) is 6. The minimum absolute atomic E-state index is 0.154. The molecule has 3 heterocycles. The van der Waals surface area contributed by atoms with Gasteiger partial charge in [-0.15, -0.1) is 16.4 Å². The lowest BCUT2D eigenvalue weighted by atomic mass is 10.0. The summed E-state index contributed by atoms with van der Waals surface area (Å²) in [6, 6.07) is 18.8. The quantitative estimate of drug-likeness (QED) is 0.414. The Morgan fingerprint density at radius 2 is 1.76 bits per heavy atom. The average Bonchev–Trinajstić information content (AvgIpc) is 3.54. The predicted octanol–water partition coefficient (Wildman–Crippen LogP) is 3.84. The maximum atomic E-state index is 13.7. The molecule has 1 aliphatic heterocycles. The van der Waals surface area contributed by atoms with Crippen LogP contribution < -0.4 is 9.64 Å². The van der Waals surface area contributed by atoms with E-state index >= 15 is 0 Å². The van der Waals surface area contributed by atoms with Gasteiger partial charge in [0.25, 0.3) is 0 Å². The van der Waals surface area contributed by atoms with Crippen molar-refractivity contribution in [3.63, 3.8) is 0 Å². The number of hydrogen-bond donors (Lipinski definition) is 0. The average molecular weight is 465 g/mol. The molecule has 4 aromatic rings. The van der Waals surface area contributed by atoms with E-state index in [1.807, 2.05) is 35.0 Å². The summed E-state index contributed by atoms with van der Waals surface area (Å²) in [6.07, 6.45) is 0. The van der Waals surface area contributed by atoms with Crippen LogP contribution in [0.5, 0.6) is 5.75 Å². The van der Waals surface area contributed by atoms with Crippen molar-refractivity contribution in [2.45, 2.75) is 12.6 Å². The maximum Gasteiger partial charge on any atom is 0.173 e. The van der Waals surface area contributed by atoms with Gasteiger partial charge >= 0.3 is 0 Å². The van der Waals surface area contributed by atoms with E-state index in [2.05, 4.69) is 48.9 Å². The molecule has 1 fully saturated rings. The van der Waals surface area contributed by atoms with Crippen LogP contribution in [-0.4, -0.2) is 58.4 Å². The number of rotatable bonds is 7. The Morgan fingerprint density at radius 1 is 1.00 bits per heavy atom. The van der Waals surface area contributed by atoms with E-state index in [9.17, 15) is 4.39 Å². The highest BCUT2D eigenvalue weighted by molar-refractivity contribution is 7.09. The van der Waals surface area contributed by atoms with Crippen LogP contribution in [-0.2, 0) is 6.54 Å². The number of halogens is 1. The number of piperazine rings is 1. The predicted molar refractivity (Wildman–Crippen MR) is 126 cm³/mol. The van der Waals surface area contributed by atoms with Crippen LogP contribution in [0.4, 0.5) is 10.1 Å². The lowest BCUT2D eigenvalue weighted by Gasteiger charge is -2.40. The van der Waals surface area contributed by atoms with E-state index in [0.717, 1.165) is 43.3 Å². The summed E-state index contributed by atoms with van der Waals surface area (Å²) in [5, 5.41) is 14.7. The third-order valence-electron chi connectivity index (χ3n) is 5.99. The first-order valence-corrected chi connectivity index (χ1v) is 11.8. The Kier molecular flexibility index (Phi) is 6.32. The Hall–Kier alpha value is -3.30. The second-order valence-corrected chi connectivity index (χ2v) is 8.98. The van der Waals surface area contributed by atoms with Crippen molar-refractivity contribution in [2.75, 3.05) is 38.2 Å². The van der Waals surface area contributed by atoms with Gasteiger partial charge in [-0.3, -0.25) is 4.90 Å².